The molecular formula is C23H21N3O3S. The van der Waals surface area contributed by atoms with Gasteiger partial charge in [-0.05, 0) is 36.3 Å². The molecule has 152 valence electrons. The Morgan fingerprint density at radius 3 is 2.50 bits per heavy atom. The number of carbonyl (C=O) groups is 1. The van der Waals surface area contributed by atoms with E-state index >= 15 is 0 Å². The molecule has 1 N–H and O–H groups in total. The highest BCUT2D eigenvalue weighted by atomic mass is 32.2. The van der Waals surface area contributed by atoms with Crippen molar-refractivity contribution in [2.75, 3.05) is 10.8 Å². The molecule has 1 aliphatic rings. The molecule has 0 saturated heterocycles. The highest BCUT2D eigenvalue weighted by Gasteiger charge is 2.33. The number of nitrogens with one attached hydrogen (secondary N) is 1. The summed E-state index contributed by atoms with van der Waals surface area (Å²) in [6.45, 7) is 3.73. The smallest absolute Gasteiger partial charge is 0.265 e. The summed E-state index contributed by atoms with van der Waals surface area (Å²) in [6, 6.07) is 19.8. The molecule has 2 aromatic carbocycles. The highest BCUT2D eigenvalue weighted by Crippen LogP contribution is 2.37. The van der Waals surface area contributed by atoms with E-state index < -0.39 is 10.0 Å². The van der Waals surface area contributed by atoms with Crippen LogP contribution < -0.4 is 9.62 Å². The Morgan fingerprint density at radius 2 is 1.80 bits per heavy atom. The lowest BCUT2D eigenvalue weighted by molar-refractivity contribution is -0.117. The molecule has 0 fully saturated rings. The average molecular weight is 420 g/mol. The summed E-state index contributed by atoms with van der Waals surface area (Å²) in [6.07, 6.45) is 3.07. The topological polar surface area (TPSA) is 79.4 Å². The van der Waals surface area contributed by atoms with E-state index in [1.165, 1.54) is 16.6 Å². The van der Waals surface area contributed by atoms with Crippen molar-refractivity contribution >= 4 is 21.6 Å². The van der Waals surface area contributed by atoms with Gasteiger partial charge in [-0.15, -0.1) is 0 Å². The molecule has 0 bridgehead atoms. The fraction of sp³-hybridized carbons (Fsp3) is 0.130. The summed E-state index contributed by atoms with van der Waals surface area (Å²) >= 11 is 0. The Kier molecular flexibility index (Phi) is 5.37. The number of nitrogens with zero attached hydrogens (tertiary/aromatic N) is 2. The molecule has 7 heteroatoms. The Bertz CT molecular complexity index is 1180. The Labute approximate surface area is 175 Å². The van der Waals surface area contributed by atoms with E-state index in [1.54, 1.807) is 24.3 Å². The fourth-order valence-corrected chi connectivity index (χ4v) is 5.05. The maximum atomic E-state index is 13.4. The first-order valence-electron chi connectivity index (χ1n) is 9.57. The van der Waals surface area contributed by atoms with Crippen molar-refractivity contribution in [3.8, 4) is 11.3 Å². The van der Waals surface area contributed by atoms with Gasteiger partial charge in [0, 0.05) is 18.3 Å². The van der Waals surface area contributed by atoms with Gasteiger partial charge in [0.25, 0.3) is 10.0 Å². The molecule has 0 saturated carbocycles. The third-order valence-corrected chi connectivity index (χ3v) is 6.89. The zero-order valence-corrected chi connectivity index (χ0v) is 17.0. The van der Waals surface area contributed by atoms with Crippen LogP contribution in [0.2, 0.25) is 0 Å². The number of hydrogen-bond donors (Lipinski definition) is 1. The van der Waals surface area contributed by atoms with Crippen molar-refractivity contribution in [1.29, 1.82) is 0 Å². The van der Waals surface area contributed by atoms with Gasteiger partial charge < -0.3 is 5.32 Å². The SMILES string of the molecule is C=CC(=O)NC1CCN(S(=O)(=O)c2ccc(-c3ccccc3)nc2)c2ccccc21. The third kappa shape index (κ3) is 3.71. The molecule has 1 amide bonds. The van der Waals surface area contributed by atoms with Crippen LogP contribution in [0.3, 0.4) is 0 Å². The molecule has 30 heavy (non-hydrogen) atoms. The van der Waals surface area contributed by atoms with Gasteiger partial charge >= 0.3 is 0 Å². The Balaban J connectivity index is 1.66. The first-order chi connectivity index (χ1) is 14.5. The summed E-state index contributed by atoms with van der Waals surface area (Å²) in [5.74, 6) is -0.285. The van der Waals surface area contributed by atoms with Crippen LogP contribution in [-0.2, 0) is 14.8 Å². The van der Waals surface area contributed by atoms with Crippen LogP contribution in [0.1, 0.15) is 18.0 Å². The number of pyridine rings is 1. The van der Waals surface area contributed by atoms with Gasteiger partial charge in [-0.3, -0.25) is 14.1 Å². The van der Waals surface area contributed by atoms with Crippen LogP contribution in [0.25, 0.3) is 11.3 Å². The van der Waals surface area contributed by atoms with Crippen molar-refractivity contribution in [1.82, 2.24) is 10.3 Å². The van der Waals surface area contributed by atoms with E-state index in [9.17, 15) is 13.2 Å². The quantitative estimate of drug-likeness (QED) is 0.640. The van der Waals surface area contributed by atoms with Gasteiger partial charge in [0.15, 0.2) is 0 Å². The average Bonchev–Trinajstić information content (AvgIpc) is 2.79. The predicted octanol–water partition coefficient (Wildman–Crippen LogP) is 3.69. The van der Waals surface area contributed by atoms with Crippen molar-refractivity contribution in [2.45, 2.75) is 17.4 Å². The summed E-state index contributed by atoms with van der Waals surface area (Å²) in [5, 5.41) is 2.87. The van der Waals surface area contributed by atoms with Crippen LogP contribution in [0.15, 0.2) is 90.5 Å². The first-order valence-corrected chi connectivity index (χ1v) is 11.0. The van der Waals surface area contributed by atoms with Gasteiger partial charge in [-0.1, -0.05) is 55.1 Å². The Morgan fingerprint density at radius 1 is 1.07 bits per heavy atom. The third-order valence-electron chi connectivity index (χ3n) is 5.10. The molecule has 1 atom stereocenters. The largest absolute Gasteiger partial charge is 0.346 e. The number of benzene rings is 2. The zero-order valence-electron chi connectivity index (χ0n) is 16.2. The molecule has 2 heterocycles. The lowest BCUT2D eigenvalue weighted by Crippen LogP contribution is -2.40. The van der Waals surface area contributed by atoms with Gasteiger partial charge in [0.2, 0.25) is 5.91 Å². The molecule has 4 rings (SSSR count). The van der Waals surface area contributed by atoms with Crippen LogP contribution >= 0.6 is 0 Å². The lowest BCUT2D eigenvalue weighted by Gasteiger charge is -2.35. The molecule has 6 nitrogen and oxygen atoms in total. The molecular weight excluding hydrogens is 398 g/mol. The van der Waals surface area contributed by atoms with Crippen LogP contribution in [-0.4, -0.2) is 25.9 Å². The van der Waals surface area contributed by atoms with E-state index in [0.717, 1.165) is 11.1 Å². The van der Waals surface area contributed by atoms with Gasteiger partial charge in [-0.25, -0.2) is 8.42 Å². The molecule has 0 aliphatic carbocycles. The second-order valence-corrected chi connectivity index (χ2v) is 8.80. The molecule has 3 aromatic rings. The molecule has 1 aliphatic heterocycles. The summed E-state index contributed by atoms with van der Waals surface area (Å²) in [4.78, 5) is 16.3. The zero-order chi connectivity index (χ0) is 21.1. The van der Waals surface area contributed by atoms with E-state index in [-0.39, 0.29) is 23.4 Å². The van der Waals surface area contributed by atoms with Crippen LogP contribution in [0.5, 0.6) is 0 Å². The van der Waals surface area contributed by atoms with Crippen molar-refractivity contribution in [3.63, 3.8) is 0 Å². The second-order valence-electron chi connectivity index (χ2n) is 6.94. The minimum absolute atomic E-state index is 0.130. The highest BCUT2D eigenvalue weighted by molar-refractivity contribution is 7.92. The van der Waals surface area contributed by atoms with E-state index in [1.807, 2.05) is 42.5 Å². The number of amides is 1. The number of para-hydroxylation sites is 1. The van der Waals surface area contributed by atoms with E-state index in [0.29, 0.717) is 17.8 Å². The molecule has 0 spiro atoms. The van der Waals surface area contributed by atoms with Gasteiger partial charge in [0.05, 0.1) is 17.4 Å². The summed E-state index contributed by atoms with van der Waals surface area (Å²) < 4.78 is 28.1. The van der Waals surface area contributed by atoms with Crippen LogP contribution in [0.4, 0.5) is 5.69 Å². The van der Waals surface area contributed by atoms with Gasteiger partial charge in [0.1, 0.15) is 4.90 Å². The summed E-state index contributed by atoms with van der Waals surface area (Å²) in [7, 11) is -3.79. The molecule has 1 unspecified atom stereocenters. The van der Waals surface area contributed by atoms with Crippen molar-refractivity contribution in [2.24, 2.45) is 0 Å². The van der Waals surface area contributed by atoms with E-state index in [2.05, 4.69) is 16.9 Å². The maximum Gasteiger partial charge on any atom is 0.265 e. The van der Waals surface area contributed by atoms with Crippen molar-refractivity contribution < 1.29 is 13.2 Å². The van der Waals surface area contributed by atoms with Crippen LogP contribution in [0, 0.1) is 0 Å². The number of anilines is 1. The standard InChI is InChI=1S/C23H21N3O3S/c1-2-23(27)25-21-14-15-26(22-11-7-6-10-19(21)22)30(28,29)18-12-13-20(24-16-18)17-8-4-3-5-9-17/h2-13,16,21H,1,14-15H2,(H,25,27). The van der Waals surface area contributed by atoms with Gasteiger partial charge in [-0.2, -0.15) is 0 Å². The number of sulfonamides is 1. The number of aromatic nitrogens is 1. The number of fused-ring (bicyclic) bond motifs is 1. The monoisotopic (exact) mass is 419 g/mol. The van der Waals surface area contributed by atoms with E-state index in [4.69, 9.17) is 0 Å². The number of hydrogen-bond acceptors (Lipinski definition) is 4. The number of carbonyl (C=O) groups excluding carboxylic acids is 1. The fourth-order valence-electron chi connectivity index (χ4n) is 3.60. The summed E-state index contributed by atoms with van der Waals surface area (Å²) in [5.41, 5.74) is 2.95. The number of rotatable bonds is 5. The molecule has 1 aromatic heterocycles. The lowest BCUT2D eigenvalue weighted by atomic mass is 9.98. The minimum Gasteiger partial charge on any atom is -0.346 e. The van der Waals surface area contributed by atoms with Crippen molar-refractivity contribution in [3.05, 3.63) is 91.1 Å². The maximum absolute atomic E-state index is 13.4. The Hall–Kier alpha value is -3.45. The predicted molar refractivity (Wildman–Crippen MR) is 116 cm³/mol. The second kappa shape index (κ2) is 8.12. The minimum atomic E-state index is -3.79. The normalized spacial score (nSPS) is 15.9. The first kappa shape index (κ1) is 19.8. The molecule has 0 radical (unpaired) electrons.